The van der Waals surface area contributed by atoms with Crippen LogP contribution in [0.25, 0.3) is 82.5 Å². The van der Waals surface area contributed by atoms with Crippen LogP contribution in [0.1, 0.15) is 244 Å². The Morgan fingerprint density at radius 2 is 0.486 bits per heavy atom. The van der Waals surface area contributed by atoms with Gasteiger partial charge in [-0.25, -0.2) is 0 Å². The van der Waals surface area contributed by atoms with Crippen LogP contribution in [-0.4, -0.2) is 33.8 Å². The number of nitrogens with zero attached hydrogens (tertiary/aromatic N) is 5. The zero-order valence-corrected chi connectivity index (χ0v) is 87.6. The van der Waals surface area contributed by atoms with E-state index in [9.17, 15) is 0 Å². The van der Waals surface area contributed by atoms with Crippen LogP contribution in [-0.2, 0) is 43.3 Å². The van der Waals surface area contributed by atoms with Gasteiger partial charge in [0, 0.05) is 96.2 Å². The number of anilines is 8. The van der Waals surface area contributed by atoms with Crippen LogP contribution in [0.3, 0.4) is 0 Å². The second-order valence-corrected chi connectivity index (χ2v) is 50.4. The van der Waals surface area contributed by atoms with Crippen molar-refractivity contribution >= 4 is 180 Å². The first-order chi connectivity index (χ1) is 65.9. The van der Waals surface area contributed by atoms with Crippen LogP contribution >= 0.6 is 0 Å². The zero-order chi connectivity index (χ0) is 98.3. The van der Waals surface area contributed by atoms with Crippen molar-refractivity contribution in [2.45, 2.75) is 251 Å². The second-order valence-electron chi connectivity index (χ2n) is 50.4. The van der Waals surface area contributed by atoms with Crippen LogP contribution in [0.4, 0.5) is 45.5 Å². The molecule has 0 amide bonds. The van der Waals surface area contributed by atoms with Gasteiger partial charge < -0.3 is 43.0 Å². The van der Waals surface area contributed by atoms with Crippen LogP contribution in [0.5, 0.6) is 34.5 Å². The molecule has 1 N–H and O–H groups in total. The van der Waals surface area contributed by atoms with Crippen molar-refractivity contribution in [1.82, 2.24) is 13.7 Å². The Morgan fingerprint density at radius 3 is 0.829 bits per heavy atom. The summed E-state index contributed by atoms with van der Waals surface area (Å²) in [4.78, 5) is 5.41. The lowest BCUT2D eigenvalue weighted by molar-refractivity contribution is 0.464. The summed E-state index contributed by atoms with van der Waals surface area (Å²) in [6.07, 6.45) is 0. The number of benzene rings is 15. The molecule has 3 aromatic heterocycles. The minimum atomic E-state index is -0.395. The van der Waals surface area contributed by atoms with Crippen LogP contribution in [0, 0.1) is 41.5 Å². The highest BCUT2D eigenvalue weighted by molar-refractivity contribution is 7.04. The Balaban J connectivity index is 0.820. The summed E-state index contributed by atoms with van der Waals surface area (Å²) in [6.45, 7) is 68.9. The Labute approximate surface area is 828 Å². The molecule has 0 saturated heterocycles. The van der Waals surface area contributed by atoms with E-state index in [1.165, 1.54) is 132 Å². The number of ether oxygens (including phenoxy) is 3. The molecule has 0 spiro atoms. The summed E-state index contributed by atoms with van der Waals surface area (Å²) >= 11 is 0. The average molecular weight is 1830 g/mol. The van der Waals surface area contributed by atoms with Crippen LogP contribution < -0.4 is 78.5 Å². The monoisotopic (exact) mass is 1830 g/mol. The number of fused-ring (bicyclic) bond motifs is 21. The molecular formula is C128H129B3N6O3. The fraction of sp³-hybridized carbons (Fsp3) is 0.297. The summed E-state index contributed by atoms with van der Waals surface area (Å²) < 4.78 is 31.0. The third-order valence-corrected chi connectivity index (χ3v) is 32.1. The SMILES string of the molecule is Cc1cc(C)c(N2c3cc4c(cc3B3c5cc6c(cc5N(c5c(C)cc(C)cc5C)c5cc(-n7c8ccc(C(C)(C)C)cc8c8cc(C(C)(C)C)ccc87)cc2c53)Oc2cc(-n3c5ccc(C(C)(C)C)cc5c5cc(C(C)(C)C)ccc53)cc3c2B6c2cc(C(C)(C)C)ccc2O3)B2c3cc(C(C)(C)C)ccc3Oc3cc(-n5c6ccc(C(C)(C)C)cc6c6cc(C(C)(C)C)ccc65)cc(c32)N4)c(C)c1. The molecule has 9 nitrogen and oxygen atoms in total. The van der Waals surface area contributed by atoms with E-state index in [4.69, 9.17) is 14.2 Å². The Hall–Kier alpha value is -13.3. The molecule has 6 aliphatic rings. The van der Waals surface area contributed by atoms with E-state index in [-0.39, 0.29) is 56.7 Å². The minimum absolute atomic E-state index is 0.0716. The van der Waals surface area contributed by atoms with E-state index in [1.54, 1.807) is 0 Å². The summed E-state index contributed by atoms with van der Waals surface area (Å²) in [7, 11) is 0. The predicted molar refractivity (Wildman–Crippen MR) is 600 cm³/mol. The predicted octanol–water partition coefficient (Wildman–Crippen LogP) is 28.7. The molecule has 24 rings (SSSR count). The fourth-order valence-electron chi connectivity index (χ4n) is 24.6. The Kier molecular flexibility index (Phi) is 18.9. The lowest BCUT2D eigenvalue weighted by Gasteiger charge is -2.47. The average Bonchev–Trinajstić information content (AvgIpc) is 1.25. The van der Waals surface area contributed by atoms with Gasteiger partial charge in [-0.2, -0.15) is 0 Å². The van der Waals surface area contributed by atoms with Gasteiger partial charge in [0.05, 0.1) is 61.5 Å². The Morgan fingerprint density at radius 1 is 0.214 bits per heavy atom. The topological polar surface area (TPSA) is 61.0 Å². The van der Waals surface area contributed by atoms with E-state index in [0.717, 1.165) is 157 Å². The van der Waals surface area contributed by atoms with Gasteiger partial charge in [0.2, 0.25) is 0 Å². The van der Waals surface area contributed by atoms with Gasteiger partial charge in [-0.1, -0.05) is 274 Å². The smallest absolute Gasteiger partial charge is 0.260 e. The zero-order valence-electron chi connectivity index (χ0n) is 87.6. The van der Waals surface area contributed by atoms with Gasteiger partial charge in [-0.15, -0.1) is 0 Å². The molecule has 0 aliphatic carbocycles. The first-order valence-corrected chi connectivity index (χ1v) is 50.9. The molecule has 0 atom stereocenters. The maximum absolute atomic E-state index is 8.15. The highest BCUT2D eigenvalue weighted by Crippen LogP contribution is 2.54. The second kappa shape index (κ2) is 29.7. The molecule has 0 fully saturated rings. The van der Waals surface area contributed by atoms with Gasteiger partial charge in [0.25, 0.3) is 20.1 Å². The molecule has 18 aromatic rings. The number of aromatic nitrogens is 3. The molecular weight excluding hydrogens is 1700 g/mol. The number of nitrogens with one attached hydrogen (secondary N) is 1. The van der Waals surface area contributed by atoms with Gasteiger partial charge in [0.15, 0.2) is 0 Å². The highest BCUT2D eigenvalue weighted by atomic mass is 16.5. The summed E-state index contributed by atoms with van der Waals surface area (Å²) in [5, 5.41) is 11.8. The molecule has 15 aromatic carbocycles. The third kappa shape index (κ3) is 13.6. The van der Waals surface area contributed by atoms with Gasteiger partial charge >= 0.3 is 0 Å². The summed E-state index contributed by atoms with van der Waals surface area (Å²) in [6, 6.07) is 91.9. The molecule has 9 heterocycles. The van der Waals surface area contributed by atoms with Crippen molar-refractivity contribution in [3.63, 3.8) is 0 Å². The van der Waals surface area contributed by atoms with Crippen molar-refractivity contribution in [2.24, 2.45) is 0 Å². The molecule has 140 heavy (non-hydrogen) atoms. The van der Waals surface area contributed by atoms with E-state index < -0.39 is 6.71 Å². The summed E-state index contributed by atoms with van der Waals surface area (Å²) in [5.74, 6) is 4.93. The molecule has 6 aliphatic heterocycles. The Bertz CT molecular complexity index is 7880. The van der Waals surface area contributed by atoms with E-state index in [2.05, 4.69) is 467 Å². The largest absolute Gasteiger partial charge is 0.458 e. The van der Waals surface area contributed by atoms with Crippen molar-refractivity contribution in [1.29, 1.82) is 0 Å². The van der Waals surface area contributed by atoms with Crippen molar-refractivity contribution in [3.8, 4) is 51.6 Å². The van der Waals surface area contributed by atoms with E-state index >= 15 is 0 Å². The van der Waals surface area contributed by atoms with Crippen molar-refractivity contribution in [3.05, 3.63) is 308 Å². The number of hydrogen-bond acceptors (Lipinski definition) is 6. The van der Waals surface area contributed by atoms with E-state index in [0.29, 0.717) is 0 Å². The minimum Gasteiger partial charge on any atom is -0.458 e. The highest BCUT2D eigenvalue weighted by Gasteiger charge is 2.51. The van der Waals surface area contributed by atoms with Crippen molar-refractivity contribution < 1.29 is 14.2 Å². The number of hydrogen-bond donors (Lipinski definition) is 1. The first kappa shape index (κ1) is 89.3. The quantitative estimate of drug-likeness (QED) is 0.173. The fourth-order valence-corrected chi connectivity index (χ4v) is 24.6. The van der Waals surface area contributed by atoms with Gasteiger partial charge in [-0.05, 0) is 305 Å². The standard InChI is InChI=1S/C128H129B3N6O3/c1-69-47-71(3)119(72(4)48-69)136-106-67-98-92(129-95-57-81(127(25,26)27)37-45-110(95)138-113-62-83(59-99(132-98)116(113)129)133-100-39-31-75(121(7,8)9)51-86(100)87-52-76(122(10,11)12)32-40-101(87)133)65-93(106)130-94-66-97-112(68-107(94)137(120-73(5)49-70(2)50-74(120)6)109-61-84(60-108(136)117(109)130)134-102-41-33-77(123(13,14)15)53-88(102)89-54-78(124(16,17)18)34-42-103(89)134)140-115-64-85(63-114-118(115)131(97)96-58-82(128(28,29)30)38-46-111(96)139-114)135-104-43-35-79(125(19,20)21)55-90(104)91-56-80(126(22,23)24)36-44-105(91)135/h31-68,132H,1-30H3. The normalized spacial score (nSPS) is 14.4. The molecule has 0 radical (unpaired) electrons. The molecule has 698 valence electrons. The molecule has 0 saturated carbocycles. The maximum atomic E-state index is 8.15. The number of aryl methyl sites for hydroxylation is 6. The van der Waals surface area contributed by atoms with Gasteiger partial charge in [0.1, 0.15) is 34.5 Å². The van der Waals surface area contributed by atoms with Crippen LogP contribution in [0.2, 0.25) is 0 Å². The summed E-state index contributed by atoms with van der Waals surface area (Å²) in [5.41, 5.74) is 45.6. The lowest BCUT2D eigenvalue weighted by atomic mass is 9.29. The van der Waals surface area contributed by atoms with E-state index in [1.807, 2.05) is 0 Å². The molecule has 12 heteroatoms. The van der Waals surface area contributed by atoms with Crippen LogP contribution in [0.15, 0.2) is 231 Å². The molecule has 0 unspecified atom stereocenters. The third-order valence-electron chi connectivity index (χ3n) is 32.1. The van der Waals surface area contributed by atoms with Gasteiger partial charge in [-0.3, -0.25) is 0 Å². The first-order valence-electron chi connectivity index (χ1n) is 50.9. The molecule has 0 bridgehead atoms. The maximum Gasteiger partial charge on any atom is 0.260 e. The lowest BCUT2D eigenvalue weighted by Crippen LogP contribution is -2.65. The number of rotatable bonds is 5. The van der Waals surface area contributed by atoms with Crippen molar-refractivity contribution in [2.75, 3.05) is 15.1 Å².